The van der Waals surface area contributed by atoms with Gasteiger partial charge in [0.05, 0.1) is 25.1 Å². The number of methoxy groups -OCH3 is 1. The third kappa shape index (κ3) is 5.56. The summed E-state index contributed by atoms with van der Waals surface area (Å²) in [7, 11) is 3.13. The highest BCUT2D eigenvalue weighted by molar-refractivity contribution is 5.80. The van der Waals surface area contributed by atoms with Gasteiger partial charge in [0.2, 0.25) is 18.2 Å². The van der Waals surface area contributed by atoms with Crippen molar-refractivity contribution in [1.29, 1.82) is 0 Å². The summed E-state index contributed by atoms with van der Waals surface area (Å²) in [5, 5.41) is 2.33. The summed E-state index contributed by atoms with van der Waals surface area (Å²) in [6, 6.07) is -0.279. The van der Waals surface area contributed by atoms with Crippen molar-refractivity contribution in [2.45, 2.75) is 38.8 Å². The Morgan fingerprint density at radius 3 is 2.45 bits per heavy atom. The number of ether oxygens (including phenoxy) is 1. The SMILES string of the molecule is CC[C@H](C)C([C@@H](CC(N)=O)OC)N(C)C(=O)CNC=O. The van der Waals surface area contributed by atoms with Crippen LogP contribution in [-0.4, -0.2) is 56.0 Å². The second kappa shape index (κ2) is 9.30. The highest BCUT2D eigenvalue weighted by Gasteiger charge is 2.33. The molecule has 0 heterocycles. The number of hydrogen-bond donors (Lipinski definition) is 2. The van der Waals surface area contributed by atoms with Crippen LogP contribution < -0.4 is 11.1 Å². The summed E-state index contributed by atoms with van der Waals surface area (Å²) in [6.45, 7) is 3.89. The lowest BCUT2D eigenvalue weighted by Crippen LogP contribution is -2.52. The van der Waals surface area contributed by atoms with Gasteiger partial charge in [-0.15, -0.1) is 0 Å². The van der Waals surface area contributed by atoms with E-state index in [9.17, 15) is 14.4 Å². The van der Waals surface area contributed by atoms with E-state index in [1.165, 1.54) is 12.0 Å². The molecule has 1 unspecified atom stereocenters. The van der Waals surface area contributed by atoms with Gasteiger partial charge in [-0.1, -0.05) is 20.3 Å². The van der Waals surface area contributed by atoms with Crippen LogP contribution in [0.2, 0.25) is 0 Å². The number of rotatable bonds is 10. The highest BCUT2D eigenvalue weighted by atomic mass is 16.5. The predicted molar refractivity (Wildman–Crippen MR) is 74.7 cm³/mol. The maximum atomic E-state index is 12.0. The molecular formula is C13H25N3O4. The molecule has 0 saturated carbocycles. The zero-order valence-corrected chi connectivity index (χ0v) is 12.6. The van der Waals surface area contributed by atoms with Gasteiger partial charge in [0.15, 0.2) is 0 Å². The van der Waals surface area contributed by atoms with E-state index in [2.05, 4.69) is 5.32 Å². The number of nitrogens with one attached hydrogen (secondary N) is 1. The van der Waals surface area contributed by atoms with Crippen LogP contribution in [0.3, 0.4) is 0 Å². The van der Waals surface area contributed by atoms with Crippen molar-refractivity contribution in [1.82, 2.24) is 10.2 Å². The Hall–Kier alpha value is -1.63. The summed E-state index contributed by atoms with van der Waals surface area (Å²) in [5.41, 5.74) is 5.22. The van der Waals surface area contributed by atoms with E-state index in [0.717, 1.165) is 6.42 Å². The first-order valence-electron chi connectivity index (χ1n) is 6.62. The minimum Gasteiger partial charge on any atom is -0.379 e. The Bertz CT molecular complexity index is 336. The maximum Gasteiger partial charge on any atom is 0.242 e. The van der Waals surface area contributed by atoms with Crippen molar-refractivity contribution >= 4 is 18.2 Å². The summed E-state index contributed by atoms with van der Waals surface area (Å²) in [5.74, 6) is -0.588. The van der Waals surface area contributed by atoms with E-state index in [-0.39, 0.29) is 30.8 Å². The molecule has 0 radical (unpaired) electrons. The molecule has 0 aliphatic carbocycles. The lowest BCUT2D eigenvalue weighted by Gasteiger charge is -2.37. The number of primary amides is 1. The number of carbonyl (C=O) groups excluding carboxylic acids is 3. The van der Waals surface area contributed by atoms with Gasteiger partial charge >= 0.3 is 0 Å². The van der Waals surface area contributed by atoms with Gasteiger partial charge in [0.1, 0.15) is 0 Å². The van der Waals surface area contributed by atoms with Crippen molar-refractivity contribution in [3.8, 4) is 0 Å². The van der Waals surface area contributed by atoms with E-state index < -0.39 is 12.0 Å². The van der Waals surface area contributed by atoms with Gasteiger partial charge < -0.3 is 20.7 Å². The lowest BCUT2D eigenvalue weighted by atomic mass is 9.91. The molecule has 0 saturated heterocycles. The van der Waals surface area contributed by atoms with E-state index in [1.54, 1.807) is 7.05 Å². The molecular weight excluding hydrogens is 262 g/mol. The highest BCUT2D eigenvalue weighted by Crippen LogP contribution is 2.21. The minimum atomic E-state index is -0.475. The first-order valence-corrected chi connectivity index (χ1v) is 6.62. The van der Waals surface area contributed by atoms with Crippen LogP contribution in [0.1, 0.15) is 26.7 Å². The fraction of sp³-hybridized carbons (Fsp3) is 0.769. The molecule has 0 fully saturated rings. The molecule has 7 heteroatoms. The molecule has 0 aliphatic rings. The average molecular weight is 287 g/mol. The number of nitrogens with zero attached hydrogens (tertiary/aromatic N) is 1. The number of nitrogens with two attached hydrogens (primary N) is 1. The molecule has 0 aromatic heterocycles. The van der Waals surface area contributed by atoms with E-state index in [4.69, 9.17) is 10.5 Å². The second-order valence-corrected chi connectivity index (χ2v) is 4.82. The van der Waals surface area contributed by atoms with Crippen molar-refractivity contribution in [3.05, 3.63) is 0 Å². The van der Waals surface area contributed by atoms with E-state index >= 15 is 0 Å². The standard InChI is InChI=1S/C13H25N3O4/c1-5-9(2)13(10(20-4)6-11(14)18)16(3)12(19)7-15-8-17/h8-10,13H,5-7H2,1-4H3,(H2,14,18)(H,15,17)/t9-,10+,13?/m0/s1. The van der Waals surface area contributed by atoms with Crippen LogP contribution in [0.25, 0.3) is 0 Å². The van der Waals surface area contributed by atoms with E-state index in [1.807, 2.05) is 13.8 Å². The summed E-state index contributed by atoms with van der Waals surface area (Å²) >= 11 is 0. The van der Waals surface area contributed by atoms with Gasteiger partial charge in [0, 0.05) is 14.2 Å². The van der Waals surface area contributed by atoms with Crippen molar-refractivity contribution in [3.63, 3.8) is 0 Å². The largest absolute Gasteiger partial charge is 0.379 e. The van der Waals surface area contributed by atoms with Crippen molar-refractivity contribution in [2.24, 2.45) is 11.7 Å². The maximum absolute atomic E-state index is 12.0. The van der Waals surface area contributed by atoms with E-state index in [0.29, 0.717) is 6.41 Å². The van der Waals surface area contributed by atoms with Crippen LogP contribution in [-0.2, 0) is 19.1 Å². The number of likely N-dealkylation sites (N-methyl/N-ethyl adjacent to an activating group) is 1. The predicted octanol–water partition coefficient (Wildman–Crippen LogP) is -0.504. The summed E-state index contributed by atoms with van der Waals surface area (Å²) < 4.78 is 5.34. The monoisotopic (exact) mass is 287 g/mol. The number of carbonyl (C=O) groups is 3. The van der Waals surface area contributed by atoms with Crippen LogP contribution in [0.4, 0.5) is 0 Å². The quantitative estimate of drug-likeness (QED) is 0.529. The Morgan fingerprint density at radius 2 is 2.05 bits per heavy atom. The van der Waals surface area contributed by atoms with Gasteiger partial charge in [-0.05, 0) is 5.92 Å². The number of amides is 3. The van der Waals surface area contributed by atoms with Gasteiger partial charge in [-0.3, -0.25) is 14.4 Å². The molecule has 0 rings (SSSR count). The zero-order chi connectivity index (χ0) is 15.7. The lowest BCUT2D eigenvalue weighted by molar-refractivity contribution is -0.138. The van der Waals surface area contributed by atoms with Crippen LogP contribution >= 0.6 is 0 Å². The third-order valence-corrected chi connectivity index (χ3v) is 3.49. The normalized spacial score (nSPS) is 15.0. The molecule has 3 atom stereocenters. The molecule has 0 spiro atoms. The third-order valence-electron chi connectivity index (χ3n) is 3.49. The Labute approximate surface area is 119 Å². The van der Waals surface area contributed by atoms with Gasteiger partial charge in [-0.25, -0.2) is 0 Å². The van der Waals surface area contributed by atoms with Crippen LogP contribution in [0.5, 0.6) is 0 Å². The molecule has 0 aromatic rings. The zero-order valence-electron chi connectivity index (χ0n) is 12.6. The topological polar surface area (TPSA) is 102 Å². The molecule has 3 amide bonds. The molecule has 7 nitrogen and oxygen atoms in total. The summed E-state index contributed by atoms with van der Waals surface area (Å²) in [6.07, 6.45) is 0.876. The molecule has 0 aromatic carbocycles. The van der Waals surface area contributed by atoms with Crippen LogP contribution in [0, 0.1) is 5.92 Å². The van der Waals surface area contributed by atoms with Crippen LogP contribution in [0.15, 0.2) is 0 Å². The number of hydrogen-bond acceptors (Lipinski definition) is 4. The van der Waals surface area contributed by atoms with Crippen molar-refractivity contribution < 1.29 is 19.1 Å². The van der Waals surface area contributed by atoms with Crippen molar-refractivity contribution in [2.75, 3.05) is 20.7 Å². The summed E-state index contributed by atoms with van der Waals surface area (Å²) in [4.78, 5) is 34.9. The second-order valence-electron chi connectivity index (χ2n) is 4.82. The molecule has 0 aliphatic heterocycles. The van der Waals surface area contributed by atoms with Gasteiger partial charge in [0.25, 0.3) is 0 Å². The Kier molecular flexibility index (Phi) is 8.54. The molecule has 3 N–H and O–H groups in total. The Morgan fingerprint density at radius 1 is 1.45 bits per heavy atom. The minimum absolute atomic E-state index is 0.0459. The Balaban J connectivity index is 5.05. The van der Waals surface area contributed by atoms with Gasteiger partial charge in [-0.2, -0.15) is 0 Å². The molecule has 116 valence electrons. The smallest absolute Gasteiger partial charge is 0.242 e. The first kappa shape index (κ1) is 18.4. The fourth-order valence-electron chi connectivity index (χ4n) is 2.20. The molecule has 20 heavy (non-hydrogen) atoms. The average Bonchev–Trinajstić information content (AvgIpc) is 2.42. The fourth-order valence-corrected chi connectivity index (χ4v) is 2.20. The first-order chi connectivity index (χ1) is 9.38. The molecule has 0 bridgehead atoms.